The highest BCUT2D eigenvalue weighted by Gasteiger charge is 2.13. The Morgan fingerprint density at radius 3 is 2.84 bits per heavy atom. The average Bonchev–Trinajstić information content (AvgIpc) is 2.32. The highest BCUT2D eigenvalue weighted by molar-refractivity contribution is 6.29. The molecule has 0 unspecified atom stereocenters. The monoisotopic (exact) mass is 279 g/mol. The van der Waals surface area contributed by atoms with Gasteiger partial charge in [-0.05, 0) is 19.1 Å². The van der Waals surface area contributed by atoms with Crippen LogP contribution in [0.15, 0.2) is 35.3 Å². The van der Waals surface area contributed by atoms with Crippen LogP contribution in [0.2, 0.25) is 5.15 Å². The van der Waals surface area contributed by atoms with Crippen LogP contribution in [0.3, 0.4) is 0 Å². The molecular formula is C12H10ClN3O3. The third-order valence-electron chi connectivity index (χ3n) is 2.61. The van der Waals surface area contributed by atoms with Gasteiger partial charge in [-0.25, -0.2) is 4.98 Å². The Labute approximate surface area is 113 Å². The van der Waals surface area contributed by atoms with Crippen LogP contribution >= 0.6 is 11.6 Å². The highest BCUT2D eigenvalue weighted by Crippen LogP contribution is 2.15. The molecule has 0 spiro atoms. The molecule has 0 N–H and O–H groups in total. The van der Waals surface area contributed by atoms with E-state index in [1.54, 1.807) is 18.2 Å². The Balaban J connectivity index is 2.43. The van der Waals surface area contributed by atoms with Gasteiger partial charge in [0.25, 0.3) is 11.2 Å². The maximum Gasteiger partial charge on any atom is 0.288 e. The van der Waals surface area contributed by atoms with Gasteiger partial charge in [0, 0.05) is 11.6 Å². The van der Waals surface area contributed by atoms with Gasteiger partial charge in [-0.3, -0.25) is 14.9 Å². The van der Waals surface area contributed by atoms with E-state index in [1.807, 2.05) is 0 Å². The van der Waals surface area contributed by atoms with Gasteiger partial charge in [-0.15, -0.1) is 0 Å². The molecule has 7 heteroatoms. The van der Waals surface area contributed by atoms with Gasteiger partial charge in [0.2, 0.25) is 0 Å². The maximum atomic E-state index is 11.8. The summed E-state index contributed by atoms with van der Waals surface area (Å²) in [6.45, 7) is 1.67. The first kappa shape index (κ1) is 13.2. The summed E-state index contributed by atoms with van der Waals surface area (Å²) in [6.07, 6.45) is 1.22. The Morgan fingerprint density at radius 2 is 2.21 bits per heavy atom. The predicted octanol–water partition coefficient (Wildman–Crippen LogP) is 2.16. The molecule has 0 aromatic carbocycles. The second-order valence-corrected chi connectivity index (χ2v) is 4.40. The Bertz CT molecular complexity index is 697. The highest BCUT2D eigenvalue weighted by atomic mass is 35.5. The first-order valence-corrected chi connectivity index (χ1v) is 5.82. The van der Waals surface area contributed by atoms with Crippen molar-refractivity contribution in [2.45, 2.75) is 13.5 Å². The van der Waals surface area contributed by atoms with Crippen LogP contribution in [0.4, 0.5) is 5.69 Å². The van der Waals surface area contributed by atoms with Crippen molar-refractivity contribution in [3.8, 4) is 0 Å². The van der Waals surface area contributed by atoms with E-state index in [2.05, 4.69) is 4.98 Å². The van der Waals surface area contributed by atoms with Gasteiger partial charge in [-0.1, -0.05) is 17.7 Å². The van der Waals surface area contributed by atoms with Crippen LogP contribution in [-0.2, 0) is 6.54 Å². The third-order valence-corrected chi connectivity index (χ3v) is 2.82. The minimum Gasteiger partial charge on any atom is -0.303 e. The van der Waals surface area contributed by atoms with Crippen molar-refractivity contribution >= 4 is 17.3 Å². The van der Waals surface area contributed by atoms with Crippen molar-refractivity contribution in [2.75, 3.05) is 0 Å². The van der Waals surface area contributed by atoms with Crippen LogP contribution in [0.5, 0.6) is 0 Å². The average molecular weight is 280 g/mol. The number of nitrogens with zero attached hydrogens (tertiary/aromatic N) is 3. The van der Waals surface area contributed by atoms with Crippen LogP contribution in [0.25, 0.3) is 0 Å². The number of aryl methyl sites for hydroxylation is 1. The van der Waals surface area contributed by atoms with E-state index in [9.17, 15) is 14.9 Å². The summed E-state index contributed by atoms with van der Waals surface area (Å²) >= 11 is 5.75. The van der Waals surface area contributed by atoms with Crippen LogP contribution < -0.4 is 5.56 Å². The molecule has 0 fully saturated rings. The Kier molecular flexibility index (Phi) is 3.62. The molecule has 2 aromatic heterocycles. The van der Waals surface area contributed by atoms with Crippen molar-refractivity contribution in [2.24, 2.45) is 0 Å². The smallest absolute Gasteiger partial charge is 0.288 e. The SMILES string of the molecule is Cc1cc(=O)n(Cc2cccc(Cl)n2)cc1[N+](=O)[O-]. The molecule has 2 aromatic rings. The topological polar surface area (TPSA) is 78.0 Å². The maximum absolute atomic E-state index is 11.8. The van der Waals surface area contributed by atoms with E-state index in [0.717, 1.165) is 0 Å². The van der Waals surface area contributed by atoms with Gasteiger partial charge in [0.1, 0.15) is 5.15 Å². The van der Waals surface area contributed by atoms with Gasteiger partial charge >= 0.3 is 0 Å². The summed E-state index contributed by atoms with van der Waals surface area (Å²) < 4.78 is 1.24. The quantitative estimate of drug-likeness (QED) is 0.490. The van der Waals surface area contributed by atoms with Crippen molar-refractivity contribution in [1.29, 1.82) is 0 Å². The molecule has 2 heterocycles. The molecular weight excluding hydrogens is 270 g/mol. The third kappa shape index (κ3) is 2.97. The fourth-order valence-electron chi connectivity index (χ4n) is 1.68. The molecule has 0 amide bonds. The summed E-state index contributed by atoms with van der Waals surface area (Å²) in [6, 6.07) is 6.26. The van der Waals surface area contributed by atoms with Gasteiger partial charge in [0.05, 0.1) is 23.4 Å². The minimum atomic E-state index is -0.517. The zero-order valence-electron chi connectivity index (χ0n) is 10.0. The molecule has 19 heavy (non-hydrogen) atoms. The summed E-state index contributed by atoms with van der Waals surface area (Å²) in [4.78, 5) is 26.2. The lowest BCUT2D eigenvalue weighted by atomic mass is 10.2. The molecule has 0 atom stereocenters. The van der Waals surface area contributed by atoms with Crippen molar-refractivity contribution in [3.05, 3.63) is 67.3 Å². The summed E-state index contributed by atoms with van der Waals surface area (Å²) in [7, 11) is 0. The lowest BCUT2D eigenvalue weighted by Gasteiger charge is -2.06. The summed E-state index contributed by atoms with van der Waals surface area (Å²) in [5.74, 6) is 0. The van der Waals surface area contributed by atoms with E-state index >= 15 is 0 Å². The number of rotatable bonds is 3. The Hall–Kier alpha value is -2.21. The second kappa shape index (κ2) is 5.19. The van der Waals surface area contributed by atoms with E-state index in [4.69, 9.17) is 11.6 Å². The predicted molar refractivity (Wildman–Crippen MR) is 70.4 cm³/mol. The number of halogens is 1. The number of hydrogen-bond donors (Lipinski definition) is 0. The molecule has 0 aliphatic carbocycles. The number of aromatic nitrogens is 2. The first-order chi connectivity index (χ1) is 8.97. The first-order valence-electron chi connectivity index (χ1n) is 5.44. The molecule has 0 bridgehead atoms. The van der Waals surface area contributed by atoms with Crippen LogP contribution in [0, 0.1) is 17.0 Å². The van der Waals surface area contributed by atoms with Crippen molar-refractivity contribution in [1.82, 2.24) is 9.55 Å². The number of nitro groups is 1. The fraction of sp³-hybridized carbons (Fsp3) is 0.167. The molecule has 98 valence electrons. The van der Waals surface area contributed by atoms with Crippen molar-refractivity contribution in [3.63, 3.8) is 0 Å². The number of hydrogen-bond acceptors (Lipinski definition) is 4. The van der Waals surface area contributed by atoms with Crippen LogP contribution in [-0.4, -0.2) is 14.5 Å². The van der Waals surface area contributed by atoms with E-state index in [0.29, 0.717) is 16.4 Å². The van der Waals surface area contributed by atoms with E-state index in [-0.39, 0.29) is 17.8 Å². The number of pyridine rings is 2. The largest absolute Gasteiger partial charge is 0.303 e. The van der Waals surface area contributed by atoms with E-state index < -0.39 is 4.92 Å². The summed E-state index contributed by atoms with van der Waals surface area (Å²) in [5.41, 5.74) is 0.490. The molecule has 0 aliphatic heterocycles. The lowest BCUT2D eigenvalue weighted by molar-refractivity contribution is -0.385. The molecule has 0 saturated carbocycles. The standard InChI is InChI=1S/C12H10ClN3O3/c1-8-5-12(17)15(7-10(8)16(18)19)6-9-3-2-4-11(13)14-9/h2-5,7H,6H2,1H3. The molecule has 2 rings (SSSR count). The molecule has 0 radical (unpaired) electrons. The zero-order chi connectivity index (χ0) is 14.0. The summed E-state index contributed by atoms with van der Waals surface area (Å²) in [5, 5.41) is 11.2. The normalized spacial score (nSPS) is 10.4. The van der Waals surface area contributed by atoms with E-state index in [1.165, 1.54) is 23.8 Å². The minimum absolute atomic E-state index is 0.0957. The lowest BCUT2D eigenvalue weighted by Crippen LogP contribution is -2.21. The molecule has 0 aliphatic rings. The van der Waals surface area contributed by atoms with Gasteiger partial charge < -0.3 is 4.57 Å². The van der Waals surface area contributed by atoms with Crippen LogP contribution in [0.1, 0.15) is 11.3 Å². The fourth-order valence-corrected chi connectivity index (χ4v) is 1.86. The Morgan fingerprint density at radius 1 is 1.47 bits per heavy atom. The zero-order valence-corrected chi connectivity index (χ0v) is 10.8. The van der Waals surface area contributed by atoms with Gasteiger partial charge in [-0.2, -0.15) is 0 Å². The van der Waals surface area contributed by atoms with Crippen molar-refractivity contribution < 1.29 is 4.92 Å². The van der Waals surface area contributed by atoms with Gasteiger partial charge in [0.15, 0.2) is 0 Å². The second-order valence-electron chi connectivity index (χ2n) is 4.02. The molecule has 6 nitrogen and oxygen atoms in total. The molecule has 0 saturated heterocycles.